The third-order valence-electron chi connectivity index (χ3n) is 5.54. The van der Waals surface area contributed by atoms with Crippen LogP contribution in [0.2, 0.25) is 0 Å². The highest BCUT2D eigenvalue weighted by Crippen LogP contribution is 2.37. The SMILES string of the molecule is COc1cc2c(cc1OC)CN(C(=O)C1(C)Oc3ccc(C)cc3NC1=O)CC2. The molecule has 7 heteroatoms. The summed E-state index contributed by atoms with van der Waals surface area (Å²) in [6, 6.07) is 9.32. The van der Waals surface area contributed by atoms with Crippen LogP contribution in [0.3, 0.4) is 0 Å². The summed E-state index contributed by atoms with van der Waals surface area (Å²) in [6.07, 6.45) is 0.662. The normalized spacial score (nSPS) is 20.1. The van der Waals surface area contributed by atoms with E-state index in [2.05, 4.69) is 5.32 Å². The van der Waals surface area contributed by atoms with E-state index in [1.54, 1.807) is 25.2 Å². The predicted molar refractivity (Wildman–Crippen MR) is 108 cm³/mol. The maximum atomic E-state index is 13.3. The predicted octanol–water partition coefficient (Wildman–Crippen LogP) is 2.69. The molecule has 0 aromatic heterocycles. The molecule has 1 N–H and O–H groups in total. The largest absolute Gasteiger partial charge is 0.493 e. The Kier molecular flexibility index (Phi) is 4.61. The first-order chi connectivity index (χ1) is 13.9. The van der Waals surface area contributed by atoms with Gasteiger partial charge in [-0.2, -0.15) is 0 Å². The fourth-order valence-electron chi connectivity index (χ4n) is 3.84. The van der Waals surface area contributed by atoms with Crippen molar-refractivity contribution in [2.45, 2.75) is 32.4 Å². The molecule has 1 atom stereocenters. The Labute approximate surface area is 169 Å². The fraction of sp³-hybridized carbons (Fsp3) is 0.364. The van der Waals surface area contributed by atoms with Crippen LogP contribution < -0.4 is 19.5 Å². The summed E-state index contributed by atoms with van der Waals surface area (Å²) in [5, 5.41) is 2.82. The monoisotopic (exact) mass is 396 g/mol. The van der Waals surface area contributed by atoms with Gasteiger partial charge in [0.25, 0.3) is 17.4 Å². The summed E-state index contributed by atoms with van der Waals surface area (Å²) in [7, 11) is 3.18. The summed E-state index contributed by atoms with van der Waals surface area (Å²) in [5.41, 5.74) is 2.04. The third kappa shape index (κ3) is 3.16. The van der Waals surface area contributed by atoms with E-state index >= 15 is 0 Å². The minimum absolute atomic E-state index is 0.360. The van der Waals surface area contributed by atoms with Crippen LogP contribution in [0.5, 0.6) is 17.2 Å². The van der Waals surface area contributed by atoms with E-state index in [4.69, 9.17) is 14.2 Å². The van der Waals surface area contributed by atoms with Gasteiger partial charge in [0.15, 0.2) is 11.5 Å². The van der Waals surface area contributed by atoms with E-state index in [-0.39, 0.29) is 5.91 Å². The Morgan fingerprint density at radius 2 is 1.83 bits per heavy atom. The van der Waals surface area contributed by atoms with Gasteiger partial charge in [-0.25, -0.2) is 0 Å². The van der Waals surface area contributed by atoms with Crippen molar-refractivity contribution in [3.63, 3.8) is 0 Å². The van der Waals surface area contributed by atoms with E-state index in [0.717, 1.165) is 16.7 Å². The average molecular weight is 396 g/mol. The van der Waals surface area contributed by atoms with Gasteiger partial charge < -0.3 is 24.4 Å². The highest BCUT2D eigenvalue weighted by molar-refractivity contribution is 6.15. The van der Waals surface area contributed by atoms with Crippen molar-refractivity contribution in [3.8, 4) is 17.2 Å². The van der Waals surface area contributed by atoms with Gasteiger partial charge in [-0.3, -0.25) is 9.59 Å². The molecule has 2 aliphatic heterocycles. The van der Waals surface area contributed by atoms with E-state index in [9.17, 15) is 9.59 Å². The summed E-state index contributed by atoms with van der Waals surface area (Å²) >= 11 is 0. The van der Waals surface area contributed by atoms with Crippen molar-refractivity contribution < 1.29 is 23.8 Å². The van der Waals surface area contributed by atoms with Crippen molar-refractivity contribution in [2.24, 2.45) is 0 Å². The van der Waals surface area contributed by atoms with E-state index in [1.165, 1.54) is 6.92 Å². The number of hydrogen-bond acceptors (Lipinski definition) is 5. The zero-order chi connectivity index (χ0) is 20.8. The number of nitrogens with zero attached hydrogens (tertiary/aromatic N) is 1. The van der Waals surface area contributed by atoms with Crippen LogP contribution in [0.15, 0.2) is 30.3 Å². The average Bonchev–Trinajstić information content (AvgIpc) is 2.72. The van der Waals surface area contributed by atoms with Crippen LogP contribution in [0.1, 0.15) is 23.6 Å². The van der Waals surface area contributed by atoms with Crippen LogP contribution in [-0.2, 0) is 22.6 Å². The summed E-state index contributed by atoms with van der Waals surface area (Å²) in [5.74, 6) is 0.956. The molecule has 7 nitrogen and oxygen atoms in total. The van der Waals surface area contributed by atoms with Crippen LogP contribution in [0.25, 0.3) is 0 Å². The molecule has 2 aromatic rings. The molecule has 4 rings (SSSR count). The molecular formula is C22H24N2O5. The van der Waals surface area contributed by atoms with Gasteiger partial charge >= 0.3 is 0 Å². The lowest BCUT2D eigenvalue weighted by Crippen LogP contribution is -2.60. The van der Waals surface area contributed by atoms with Gasteiger partial charge in [0.05, 0.1) is 19.9 Å². The van der Waals surface area contributed by atoms with Gasteiger partial charge in [-0.05, 0) is 61.2 Å². The number of fused-ring (bicyclic) bond motifs is 2. The molecule has 2 amide bonds. The second kappa shape index (κ2) is 6.99. The van der Waals surface area contributed by atoms with Crippen molar-refractivity contribution in [1.29, 1.82) is 0 Å². The van der Waals surface area contributed by atoms with Gasteiger partial charge in [0.2, 0.25) is 0 Å². The number of carbonyl (C=O) groups is 2. The van der Waals surface area contributed by atoms with Crippen LogP contribution in [0, 0.1) is 6.92 Å². The quantitative estimate of drug-likeness (QED) is 0.808. The Hall–Kier alpha value is -3.22. The summed E-state index contributed by atoms with van der Waals surface area (Å²) in [4.78, 5) is 27.8. The number of hydrogen-bond donors (Lipinski definition) is 1. The van der Waals surface area contributed by atoms with Gasteiger partial charge in [-0.1, -0.05) is 6.07 Å². The molecule has 0 saturated heterocycles. The molecule has 2 heterocycles. The van der Waals surface area contributed by atoms with Crippen molar-refractivity contribution in [3.05, 3.63) is 47.0 Å². The van der Waals surface area contributed by atoms with Gasteiger partial charge in [-0.15, -0.1) is 0 Å². The number of anilines is 1. The van der Waals surface area contributed by atoms with Crippen LogP contribution in [0.4, 0.5) is 5.69 Å². The molecule has 29 heavy (non-hydrogen) atoms. The van der Waals surface area contributed by atoms with E-state index < -0.39 is 11.5 Å². The Balaban J connectivity index is 1.60. The van der Waals surface area contributed by atoms with E-state index in [0.29, 0.717) is 42.4 Å². The first kappa shape index (κ1) is 19.1. The standard InChI is InChI=1S/C22H24N2O5/c1-13-5-6-17-16(9-13)23-20(25)22(2,29-17)21(26)24-8-7-14-10-18(27-3)19(28-4)11-15(14)12-24/h5-6,9-11H,7-8,12H2,1-4H3,(H,23,25). The zero-order valence-corrected chi connectivity index (χ0v) is 17.0. The maximum Gasteiger partial charge on any atom is 0.278 e. The molecule has 0 saturated carbocycles. The number of ether oxygens (including phenoxy) is 3. The third-order valence-corrected chi connectivity index (χ3v) is 5.54. The lowest BCUT2D eigenvalue weighted by atomic mass is 9.95. The smallest absolute Gasteiger partial charge is 0.278 e. The first-order valence-corrected chi connectivity index (χ1v) is 9.50. The van der Waals surface area contributed by atoms with Crippen LogP contribution in [-0.4, -0.2) is 43.1 Å². The first-order valence-electron chi connectivity index (χ1n) is 9.50. The molecular weight excluding hydrogens is 372 g/mol. The number of nitrogens with one attached hydrogen (secondary N) is 1. The Morgan fingerprint density at radius 1 is 1.14 bits per heavy atom. The van der Waals surface area contributed by atoms with Gasteiger partial charge in [0.1, 0.15) is 5.75 Å². The number of methoxy groups -OCH3 is 2. The van der Waals surface area contributed by atoms with Gasteiger partial charge in [0, 0.05) is 13.1 Å². The number of carbonyl (C=O) groups excluding carboxylic acids is 2. The minimum Gasteiger partial charge on any atom is -0.493 e. The number of amides is 2. The Morgan fingerprint density at radius 3 is 2.52 bits per heavy atom. The zero-order valence-electron chi connectivity index (χ0n) is 17.0. The molecule has 0 spiro atoms. The number of rotatable bonds is 3. The van der Waals surface area contributed by atoms with Crippen molar-refractivity contribution in [2.75, 3.05) is 26.1 Å². The summed E-state index contributed by atoms with van der Waals surface area (Å²) < 4.78 is 16.7. The van der Waals surface area contributed by atoms with Crippen molar-refractivity contribution >= 4 is 17.5 Å². The molecule has 0 bridgehead atoms. The van der Waals surface area contributed by atoms with Crippen LogP contribution >= 0.6 is 0 Å². The highest BCUT2D eigenvalue weighted by atomic mass is 16.5. The topological polar surface area (TPSA) is 77.1 Å². The molecule has 0 fully saturated rings. The molecule has 152 valence electrons. The minimum atomic E-state index is -1.61. The van der Waals surface area contributed by atoms with Crippen molar-refractivity contribution in [1.82, 2.24) is 4.90 Å². The second-order valence-electron chi connectivity index (χ2n) is 7.54. The lowest BCUT2D eigenvalue weighted by molar-refractivity contribution is -0.155. The second-order valence-corrected chi connectivity index (χ2v) is 7.54. The highest BCUT2D eigenvalue weighted by Gasteiger charge is 2.49. The number of aryl methyl sites for hydroxylation is 1. The summed E-state index contributed by atoms with van der Waals surface area (Å²) in [6.45, 7) is 4.33. The maximum absolute atomic E-state index is 13.3. The Bertz CT molecular complexity index is 1000. The number of benzene rings is 2. The molecule has 0 radical (unpaired) electrons. The molecule has 2 aliphatic rings. The molecule has 1 unspecified atom stereocenters. The lowest BCUT2D eigenvalue weighted by Gasteiger charge is -2.38. The molecule has 2 aromatic carbocycles. The molecule has 0 aliphatic carbocycles. The van der Waals surface area contributed by atoms with E-state index in [1.807, 2.05) is 31.2 Å². The fourth-order valence-corrected chi connectivity index (χ4v) is 3.84.